The van der Waals surface area contributed by atoms with Gasteiger partial charge in [0.1, 0.15) is 17.3 Å². The molecule has 0 N–H and O–H groups in total. The molecule has 15 heavy (non-hydrogen) atoms. The van der Waals surface area contributed by atoms with E-state index in [-0.39, 0.29) is 0 Å². The van der Waals surface area contributed by atoms with Crippen LogP contribution in [0.5, 0.6) is 5.75 Å². The maximum atomic E-state index is 10.8. The van der Waals surface area contributed by atoms with Crippen molar-refractivity contribution in [2.24, 2.45) is 0 Å². The molecule has 0 spiro atoms. The lowest BCUT2D eigenvalue weighted by Crippen LogP contribution is -1.93. The fraction of sp³-hybridized carbons (Fsp3) is 0.273. The molecule has 0 radical (unpaired) electrons. The zero-order chi connectivity index (χ0) is 10.8. The molecule has 0 saturated heterocycles. The second kappa shape index (κ2) is 3.73. The number of rotatable bonds is 3. The Kier molecular flexibility index (Phi) is 2.41. The number of nitrogens with zero attached hydrogens (tertiary/aromatic N) is 2. The summed E-state index contributed by atoms with van der Waals surface area (Å²) in [6.45, 7) is 2.00. The third-order valence-electron chi connectivity index (χ3n) is 2.37. The Morgan fingerprint density at radius 1 is 1.53 bits per heavy atom. The number of carbonyl (C=O) groups is 1. The molecule has 0 bridgehead atoms. The Morgan fingerprint density at radius 3 is 2.93 bits per heavy atom. The normalized spacial score (nSPS) is 10.5. The molecular formula is C11H12N2O2. The number of imidazole rings is 1. The van der Waals surface area contributed by atoms with Gasteiger partial charge < -0.3 is 4.74 Å². The average molecular weight is 204 g/mol. The van der Waals surface area contributed by atoms with Gasteiger partial charge in [-0.2, -0.15) is 0 Å². The molecule has 4 heteroatoms. The molecular weight excluding hydrogens is 192 g/mol. The molecule has 0 fully saturated rings. The molecule has 2 heterocycles. The highest BCUT2D eigenvalue weighted by atomic mass is 16.5. The summed E-state index contributed by atoms with van der Waals surface area (Å²) in [6, 6.07) is 3.66. The summed E-state index contributed by atoms with van der Waals surface area (Å²) >= 11 is 0. The summed E-state index contributed by atoms with van der Waals surface area (Å²) in [6.07, 6.45) is 3.40. The van der Waals surface area contributed by atoms with Gasteiger partial charge in [-0.1, -0.05) is 6.92 Å². The van der Waals surface area contributed by atoms with Crippen molar-refractivity contribution in [3.05, 3.63) is 29.8 Å². The van der Waals surface area contributed by atoms with Crippen LogP contribution in [0, 0.1) is 0 Å². The van der Waals surface area contributed by atoms with Crippen molar-refractivity contribution in [2.75, 3.05) is 7.11 Å². The van der Waals surface area contributed by atoms with Crippen molar-refractivity contribution >= 4 is 11.8 Å². The van der Waals surface area contributed by atoms with E-state index in [1.54, 1.807) is 7.11 Å². The smallest absolute Gasteiger partial charge is 0.170 e. The van der Waals surface area contributed by atoms with Crippen LogP contribution in [-0.2, 0) is 6.42 Å². The molecule has 0 aliphatic rings. The second-order valence-corrected chi connectivity index (χ2v) is 3.21. The molecule has 0 unspecified atom stereocenters. The van der Waals surface area contributed by atoms with Crippen LogP contribution in [-0.4, -0.2) is 22.8 Å². The number of pyridine rings is 1. The number of carbonyl (C=O) groups excluding carboxylic acids is 1. The van der Waals surface area contributed by atoms with Crippen molar-refractivity contribution in [3.63, 3.8) is 0 Å². The highest BCUT2D eigenvalue weighted by Gasteiger charge is 2.09. The maximum Gasteiger partial charge on any atom is 0.170 e. The maximum absolute atomic E-state index is 10.8. The van der Waals surface area contributed by atoms with Gasteiger partial charge in [0.2, 0.25) is 0 Å². The van der Waals surface area contributed by atoms with Crippen LogP contribution in [0.2, 0.25) is 0 Å². The lowest BCUT2D eigenvalue weighted by Gasteiger charge is -2.02. The molecule has 2 aromatic heterocycles. The van der Waals surface area contributed by atoms with Crippen LogP contribution in [0.3, 0.4) is 0 Å². The first-order valence-electron chi connectivity index (χ1n) is 4.80. The number of aldehydes is 1. The highest BCUT2D eigenvalue weighted by Crippen LogP contribution is 2.17. The van der Waals surface area contributed by atoms with Gasteiger partial charge in [0.05, 0.1) is 18.8 Å². The Morgan fingerprint density at radius 2 is 2.33 bits per heavy atom. The van der Waals surface area contributed by atoms with E-state index < -0.39 is 0 Å². The number of ether oxygens (including phenoxy) is 1. The largest absolute Gasteiger partial charge is 0.495 e. The first kappa shape index (κ1) is 9.71. The van der Waals surface area contributed by atoms with Gasteiger partial charge in [-0.25, -0.2) is 4.98 Å². The van der Waals surface area contributed by atoms with Crippen molar-refractivity contribution in [1.82, 2.24) is 9.38 Å². The number of fused-ring (bicyclic) bond motifs is 1. The third kappa shape index (κ3) is 1.48. The summed E-state index contributed by atoms with van der Waals surface area (Å²) in [4.78, 5) is 15.0. The van der Waals surface area contributed by atoms with Crippen LogP contribution in [0.25, 0.3) is 5.52 Å². The predicted molar refractivity (Wildman–Crippen MR) is 56.5 cm³/mol. The monoisotopic (exact) mass is 204 g/mol. The van der Waals surface area contributed by atoms with E-state index in [9.17, 15) is 4.79 Å². The van der Waals surface area contributed by atoms with E-state index in [1.807, 2.05) is 29.7 Å². The molecule has 0 amide bonds. The van der Waals surface area contributed by atoms with Gasteiger partial charge in [-0.05, 0) is 12.1 Å². The van der Waals surface area contributed by atoms with Crippen LogP contribution in [0.4, 0.5) is 0 Å². The Labute approximate surface area is 87.5 Å². The summed E-state index contributed by atoms with van der Waals surface area (Å²) in [7, 11) is 1.62. The lowest BCUT2D eigenvalue weighted by atomic mass is 10.3. The topological polar surface area (TPSA) is 43.6 Å². The van der Waals surface area contributed by atoms with E-state index in [0.29, 0.717) is 5.69 Å². The molecule has 0 aromatic carbocycles. The molecule has 2 aromatic rings. The summed E-state index contributed by atoms with van der Waals surface area (Å²) < 4.78 is 7.02. The van der Waals surface area contributed by atoms with Crippen molar-refractivity contribution in [2.45, 2.75) is 13.3 Å². The number of aryl methyl sites for hydroxylation is 1. The summed E-state index contributed by atoms with van der Waals surface area (Å²) in [5.74, 6) is 1.62. The Hall–Kier alpha value is -1.84. The minimum atomic E-state index is 0.481. The zero-order valence-corrected chi connectivity index (χ0v) is 8.73. The summed E-state index contributed by atoms with van der Waals surface area (Å²) in [5, 5.41) is 0. The molecule has 0 saturated carbocycles. The van der Waals surface area contributed by atoms with E-state index in [4.69, 9.17) is 4.74 Å². The Balaban J connectivity index is 2.73. The molecule has 0 atom stereocenters. The van der Waals surface area contributed by atoms with Gasteiger partial charge in [0, 0.05) is 6.42 Å². The highest BCUT2D eigenvalue weighted by molar-refractivity contribution is 5.83. The quantitative estimate of drug-likeness (QED) is 0.715. The van der Waals surface area contributed by atoms with Gasteiger partial charge in [-0.3, -0.25) is 9.20 Å². The standard InChI is InChI=1S/C11H12N2O2/c1-3-11-12-9(7-14)10-5-4-8(15-2)6-13(10)11/h4-7H,3H2,1-2H3. The first-order valence-corrected chi connectivity index (χ1v) is 4.80. The molecule has 78 valence electrons. The van der Waals surface area contributed by atoms with Crippen LogP contribution >= 0.6 is 0 Å². The van der Waals surface area contributed by atoms with E-state index in [1.165, 1.54) is 0 Å². The number of hydrogen-bond acceptors (Lipinski definition) is 3. The molecule has 0 aliphatic heterocycles. The van der Waals surface area contributed by atoms with Gasteiger partial charge >= 0.3 is 0 Å². The van der Waals surface area contributed by atoms with Crippen LogP contribution in [0.1, 0.15) is 23.2 Å². The van der Waals surface area contributed by atoms with Gasteiger partial charge in [0.25, 0.3) is 0 Å². The molecule has 4 nitrogen and oxygen atoms in total. The van der Waals surface area contributed by atoms with E-state index in [2.05, 4.69) is 4.98 Å². The van der Waals surface area contributed by atoms with E-state index >= 15 is 0 Å². The number of hydrogen-bond donors (Lipinski definition) is 0. The number of aromatic nitrogens is 2. The van der Waals surface area contributed by atoms with Crippen LogP contribution in [0.15, 0.2) is 18.3 Å². The lowest BCUT2D eigenvalue weighted by molar-refractivity contribution is 0.112. The van der Waals surface area contributed by atoms with Gasteiger partial charge in [-0.15, -0.1) is 0 Å². The first-order chi connectivity index (χ1) is 7.30. The van der Waals surface area contributed by atoms with Crippen molar-refractivity contribution in [1.29, 1.82) is 0 Å². The average Bonchev–Trinajstić information content (AvgIpc) is 2.65. The van der Waals surface area contributed by atoms with Gasteiger partial charge in [0.15, 0.2) is 6.29 Å². The van der Waals surface area contributed by atoms with Crippen molar-refractivity contribution in [3.8, 4) is 5.75 Å². The minimum absolute atomic E-state index is 0.481. The predicted octanol–water partition coefficient (Wildman–Crippen LogP) is 1.72. The SMILES string of the molecule is CCc1nc(C=O)c2ccc(OC)cn12. The van der Waals surface area contributed by atoms with Crippen molar-refractivity contribution < 1.29 is 9.53 Å². The van der Waals surface area contributed by atoms with Crippen LogP contribution < -0.4 is 4.74 Å². The fourth-order valence-electron chi connectivity index (χ4n) is 1.61. The molecule has 2 rings (SSSR count). The summed E-state index contributed by atoms with van der Waals surface area (Å²) in [5.41, 5.74) is 1.30. The third-order valence-corrected chi connectivity index (χ3v) is 2.37. The Bertz CT molecular complexity index is 503. The van der Waals surface area contributed by atoms with E-state index in [0.717, 1.165) is 29.8 Å². The number of methoxy groups -OCH3 is 1. The minimum Gasteiger partial charge on any atom is -0.495 e. The second-order valence-electron chi connectivity index (χ2n) is 3.21. The zero-order valence-electron chi connectivity index (χ0n) is 8.73. The fourth-order valence-corrected chi connectivity index (χ4v) is 1.61. The molecule has 0 aliphatic carbocycles.